The Morgan fingerprint density at radius 2 is 2.07 bits per heavy atom. The Morgan fingerprint density at radius 1 is 1.27 bits per heavy atom. The zero-order chi connectivity index (χ0) is 10.3. The Hall–Kier alpha value is -1.22. The lowest BCUT2D eigenvalue weighted by Crippen LogP contribution is -2.20. The lowest BCUT2D eigenvalue weighted by atomic mass is 10.1. The van der Waals surface area contributed by atoms with Crippen LogP contribution in [0.4, 0.5) is 0 Å². The Balaban J connectivity index is 1.78. The first-order chi connectivity index (χ1) is 7.33. The summed E-state index contributed by atoms with van der Waals surface area (Å²) in [6, 6.07) is 7.29. The molecule has 3 nitrogen and oxygen atoms in total. The molecule has 2 aliphatic rings. The number of hydrogen-bond donors (Lipinski definition) is 1. The smallest absolute Gasteiger partial charge is 0.231 e. The maximum absolute atomic E-state index is 5.36. The van der Waals surface area contributed by atoms with E-state index in [2.05, 4.69) is 24.4 Å². The Labute approximate surface area is 89.4 Å². The summed E-state index contributed by atoms with van der Waals surface area (Å²) in [5.41, 5.74) is 1.27. The Kier molecular flexibility index (Phi) is 2.06. The van der Waals surface area contributed by atoms with E-state index in [1.807, 2.05) is 6.07 Å². The van der Waals surface area contributed by atoms with E-state index in [4.69, 9.17) is 9.47 Å². The van der Waals surface area contributed by atoms with Crippen molar-refractivity contribution < 1.29 is 9.47 Å². The minimum absolute atomic E-state index is 0.350. The molecule has 3 heteroatoms. The van der Waals surface area contributed by atoms with Gasteiger partial charge in [-0.1, -0.05) is 6.07 Å². The second kappa shape index (κ2) is 3.42. The molecule has 1 saturated carbocycles. The van der Waals surface area contributed by atoms with Gasteiger partial charge in [-0.2, -0.15) is 0 Å². The SMILES string of the molecule is C[C@H](NC1CC1)c1ccc2c(c1)OCO2. The molecule has 1 heterocycles. The maximum Gasteiger partial charge on any atom is 0.231 e. The predicted octanol–water partition coefficient (Wildman–Crippen LogP) is 2.23. The van der Waals surface area contributed by atoms with Crippen LogP contribution in [0.3, 0.4) is 0 Å². The van der Waals surface area contributed by atoms with Crippen molar-refractivity contribution >= 4 is 0 Å². The third kappa shape index (κ3) is 1.79. The van der Waals surface area contributed by atoms with Gasteiger partial charge in [-0.3, -0.25) is 0 Å². The first kappa shape index (κ1) is 9.04. The molecule has 0 aromatic heterocycles. The molecule has 0 saturated heterocycles. The summed E-state index contributed by atoms with van der Waals surface area (Å²) in [6.45, 7) is 2.54. The molecule has 1 aromatic rings. The molecule has 1 aromatic carbocycles. The normalized spacial score (nSPS) is 20.3. The van der Waals surface area contributed by atoms with Crippen molar-refractivity contribution in [3.63, 3.8) is 0 Å². The fraction of sp³-hybridized carbons (Fsp3) is 0.500. The second-order valence-corrected chi connectivity index (χ2v) is 4.28. The number of rotatable bonds is 3. The summed E-state index contributed by atoms with van der Waals surface area (Å²) in [5, 5.41) is 3.56. The summed E-state index contributed by atoms with van der Waals surface area (Å²) >= 11 is 0. The molecule has 0 spiro atoms. The van der Waals surface area contributed by atoms with Gasteiger partial charge in [0.1, 0.15) is 0 Å². The monoisotopic (exact) mass is 205 g/mol. The highest BCUT2D eigenvalue weighted by Crippen LogP contribution is 2.34. The van der Waals surface area contributed by atoms with Crippen LogP contribution in [0, 0.1) is 0 Å². The van der Waals surface area contributed by atoms with Crippen LogP contribution < -0.4 is 14.8 Å². The summed E-state index contributed by atoms with van der Waals surface area (Å²) in [7, 11) is 0. The first-order valence-electron chi connectivity index (χ1n) is 5.48. The molecule has 1 atom stereocenters. The first-order valence-corrected chi connectivity index (χ1v) is 5.48. The molecule has 0 amide bonds. The molecule has 0 unspecified atom stereocenters. The molecule has 0 radical (unpaired) electrons. The maximum atomic E-state index is 5.36. The topological polar surface area (TPSA) is 30.5 Å². The Morgan fingerprint density at radius 3 is 2.87 bits per heavy atom. The number of benzene rings is 1. The highest BCUT2D eigenvalue weighted by molar-refractivity contribution is 5.45. The Bertz CT molecular complexity index is 374. The van der Waals surface area contributed by atoms with Crippen LogP contribution in [0.15, 0.2) is 18.2 Å². The van der Waals surface area contributed by atoms with E-state index in [9.17, 15) is 0 Å². The molecule has 3 rings (SSSR count). The summed E-state index contributed by atoms with van der Waals surface area (Å²) in [4.78, 5) is 0. The predicted molar refractivity (Wildman–Crippen MR) is 57.1 cm³/mol. The highest BCUT2D eigenvalue weighted by Gasteiger charge is 2.24. The zero-order valence-electron chi connectivity index (χ0n) is 8.82. The van der Waals surface area contributed by atoms with Crippen LogP contribution in [0.5, 0.6) is 11.5 Å². The van der Waals surface area contributed by atoms with Gasteiger partial charge in [0.05, 0.1) is 0 Å². The zero-order valence-corrected chi connectivity index (χ0v) is 8.82. The van der Waals surface area contributed by atoms with Gasteiger partial charge in [0, 0.05) is 12.1 Å². The number of fused-ring (bicyclic) bond motifs is 1. The van der Waals surface area contributed by atoms with Crippen LogP contribution >= 0.6 is 0 Å². The fourth-order valence-corrected chi connectivity index (χ4v) is 1.88. The van der Waals surface area contributed by atoms with Crippen LogP contribution in [-0.4, -0.2) is 12.8 Å². The van der Waals surface area contributed by atoms with Crippen LogP contribution in [0.2, 0.25) is 0 Å². The summed E-state index contributed by atoms with van der Waals surface area (Å²) < 4.78 is 10.6. The molecule has 1 N–H and O–H groups in total. The average molecular weight is 205 g/mol. The molecule has 0 bridgehead atoms. The van der Waals surface area contributed by atoms with Crippen molar-refractivity contribution in [2.75, 3.05) is 6.79 Å². The molecule has 1 fully saturated rings. The molecule has 80 valence electrons. The lowest BCUT2D eigenvalue weighted by molar-refractivity contribution is 0.174. The van der Waals surface area contributed by atoms with Crippen molar-refractivity contribution in [1.82, 2.24) is 5.32 Å². The van der Waals surface area contributed by atoms with Gasteiger partial charge in [0.15, 0.2) is 11.5 Å². The van der Waals surface area contributed by atoms with Gasteiger partial charge in [0.2, 0.25) is 6.79 Å². The van der Waals surface area contributed by atoms with Crippen LogP contribution in [-0.2, 0) is 0 Å². The minimum atomic E-state index is 0.350. The fourth-order valence-electron chi connectivity index (χ4n) is 1.88. The van der Waals surface area contributed by atoms with Crippen molar-refractivity contribution in [1.29, 1.82) is 0 Å². The quantitative estimate of drug-likeness (QED) is 0.820. The standard InChI is InChI=1S/C12H15NO2/c1-8(13-10-3-4-10)9-2-5-11-12(6-9)15-7-14-11/h2,5-6,8,10,13H,3-4,7H2,1H3/t8-/m0/s1. The van der Waals surface area contributed by atoms with Gasteiger partial charge < -0.3 is 14.8 Å². The van der Waals surface area contributed by atoms with E-state index in [1.54, 1.807) is 0 Å². The largest absolute Gasteiger partial charge is 0.454 e. The number of hydrogen-bond acceptors (Lipinski definition) is 3. The molecular weight excluding hydrogens is 190 g/mol. The number of nitrogens with one attached hydrogen (secondary N) is 1. The average Bonchev–Trinajstić information content (AvgIpc) is 2.94. The third-order valence-corrected chi connectivity index (χ3v) is 2.96. The van der Waals surface area contributed by atoms with Gasteiger partial charge >= 0.3 is 0 Å². The van der Waals surface area contributed by atoms with Gasteiger partial charge in [-0.25, -0.2) is 0 Å². The van der Waals surface area contributed by atoms with Crippen molar-refractivity contribution in [2.45, 2.75) is 31.8 Å². The van der Waals surface area contributed by atoms with E-state index in [0.717, 1.165) is 17.5 Å². The van der Waals surface area contributed by atoms with Gasteiger partial charge in [-0.15, -0.1) is 0 Å². The summed E-state index contributed by atoms with van der Waals surface area (Å²) in [5.74, 6) is 1.73. The third-order valence-electron chi connectivity index (χ3n) is 2.96. The van der Waals surface area contributed by atoms with Gasteiger partial charge in [-0.05, 0) is 37.5 Å². The lowest BCUT2D eigenvalue weighted by Gasteiger charge is -2.13. The van der Waals surface area contributed by atoms with E-state index < -0.39 is 0 Å². The highest BCUT2D eigenvalue weighted by atomic mass is 16.7. The van der Waals surface area contributed by atoms with Gasteiger partial charge in [0.25, 0.3) is 0 Å². The van der Waals surface area contributed by atoms with Crippen molar-refractivity contribution in [3.8, 4) is 11.5 Å². The van der Waals surface area contributed by atoms with Crippen molar-refractivity contribution in [3.05, 3.63) is 23.8 Å². The molecule has 1 aliphatic heterocycles. The van der Waals surface area contributed by atoms with Crippen LogP contribution in [0.25, 0.3) is 0 Å². The van der Waals surface area contributed by atoms with E-state index >= 15 is 0 Å². The summed E-state index contributed by atoms with van der Waals surface area (Å²) in [6.07, 6.45) is 2.63. The van der Waals surface area contributed by atoms with Crippen LogP contribution in [0.1, 0.15) is 31.4 Å². The minimum Gasteiger partial charge on any atom is -0.454 e. The molecular formula is C12H15NO2. The second-order valence-electron chi connectivity index (χ2n) is 4.28. The van der Waals surface area contributed by atoms with E-state index in [1.165, 1.54) is 18.4 Å². The molecule has 1 aliphatic carbocycles. The van der Waals surface area contributed by atoms with E-state index in [-0.39, 0.29) is 0 Å². The van der Waals surface area contributed by atoms with E-state index in [0.29, 0.717) is 12.8 Å². The molecule has 15 heavy (non-hydrogen) atoms. The van der Waals surface area contributed by atoms with Crippen molar-refractivity contribution in [2.24, 2.45) is 0 Å². The number of ether oxygens (including phenoxy) is 2.